The zero-order valence-electron chi connectivity index (χ0n) is 13.3. The summed E-state index contributed by atoms with van der Waals surface area (Å²) < 4.78 is 0. The van der Waals surface area contributed by atoms with Crippen molar-refractivity contribution in [2.45, 2.75) is 46.1 Å². The maximum absolute atomic E-state index is 11.3. The Bertz CT molecular complexity index is 685. The molecule has 1 aliphatic heterocycles. The fraction of sp³-hybridized carbons (Fsp3) is 0.562. The largest absolute Gasteiger partial charge is 0.365 e. The molecule has 6 heteroatoms. The molecule has 0 aliphatic carbocycles. The molecule has 3 heterocycles. The van der Waals surface area contributed by atoms with Crippen LogP contribution in [0.15, 0.2) is 5.38 Å². The second-order valence-electron chi connectivity index (χ2n) is 6.34. The number of piperidine rings is 1. The van der Waals surface area contributed by atoms with Gasteiger partial charge in [0.05, 0.1) is 5.39 Å². The van der Waals surface area contributed by atoms with Crippen LogP contribution in [0.3, 0.4) is 0 Å². The summed E-state index contributed by atoms with van der Waals surface area (Å²) in [6.07, 6.45) is 2.45. The van der Waals surface area contributed by atoms with Crippen molar-refractivity contribution in [1.82, 2.24) is 15.3 Å². The van der Waals surface area contributed by atoms with Gasteiger partial charge in [-0.25, -0.2) is 9.97 Å². The molecule has 1 atom stereocenters. The Hall–Kier alpha value is -1.69. The van der Waals surface area contributed by atoms with Crippen LogP contribution in [-0.2, 0) is 11.2 Å². The van der Waals surface area contributed by atoms with E-state index in [0.29, 0.717) is 18.9 Å². The standard InChI is InChI=1S/C16H22N4OS/c1-9(2)6-11-8-22-16-14(11)15(18-10(3)19-16)20-12-4-5-13(21)17-7-12/h8-9,12H,4-7H2,1-3H3,(H,17,21)(H,18,19,20). The van der Waals surface area contributed by atoms with E-state index in [-0.39, 0.29) is 11.9 Å². The van der Waals surface area contributed by atoms with E-state index in [1.807, 2.05) is 6.92 Å². The van der Waals surface area contributed by atoms with Gasteiger partial charge >= 0.3 is 0 Å². The molecule has 1 fully saturated rings. The number of hydrogen-bond acceptors (Lipinski definition) is 5. The van der Waals surface area contributed by atoms with E-state index < -0.39 is 0 Å². The number of amides is 1. The fourth-order valence-electron chi connectivity index (χ4n) is 2.85. The third-order valence-electron chi connectivity index (χ3n) is 3.86. The molecule has 0 spiro atoms. The number of hydrogen-bond donors (Lipinski definition) is 2. The van der Waals surface area contributed by atoms with E-state index in [4.69, 9.17) is 0 Å². The quantitative estimate of drug-likeness (QED) is 0.909. The topological polar surface area (TPSA) is 66.9 Å². The smallest absolute Gasteiger partial charge is 0.220 e. The van der Waals surface area contributed by atoms with Gasteiger partial charge in [-0.3, -0.25) is 4.79 Å². The molecule has 2 aromatic heterocycles. The summed E-state index contributed by atoms with van der Waals surface area (Å²) in [6.45, 7) is 7.03. The number of thiophene rings is 1. The van der Waals surface area contributed by atoms with Crippen molar-refractivity contribution in [1.29, 1.82) is 0 Å². The highest BCUT2D eigenvalue weighted by Crippen LogP contribution is 2.32. The van der Waals surface area contributed by atoms with Crippen molar-refractivity contribution in [3.63, 3.8) is 0 Å². The number of carbonyl (C=O) groups is 1. The van der Waals surface area contributed by atoms with Crippen LogP contribution in [0.5, 0.6) is 0 Å². The molecule has 0 radical (unpaired) electrons. The number of fused-ring (bicyclic) bond motifs is 1. The van der Waals surface area contributed by atoms with Crippen molar-refractivity contribution in [3.05, 3.63) is 16.8 Å². The zero-order chi connectivity index (χ0) is 15.7. The Morgan fingerprint density at radius 1 is 1.45 bits per heavy atom. The van der Waals surface area contributed by atoms with Gasteiger partial charge in [-0.2, -0.15) is 0 Å². The highest BCUT2D eigenvalue weighted by atomic mass is 32.1. The number of anilines is 1. The minimum atomic E-state index is 0.137. The Labute approximate surface area is 134 Å². The van der Waals surface area contributed by atoms with E-state index in [2.05, 4.69) is 39.8 Å². The van der Waals surface area contributed by atoms with Gasteiger partial charge in [-0.05, 0) is 36.6 Å². The lowest BCUT2D eigenvalue weighted by Gasteiger charge is -2.24. The first-order valence-corrected chi connectivity index (χ1v) is 8.69. The summed E-state index contributed by atoms with van der Waals surface area (Å²) in [6, 6.07) is 0.238. The molecule has 1 unspecified atom stereocenters. The lowest BCUT2D eigenvalue weighted by molar-refractivity contribution is -0.122. The average Bonchev–Trinajstić information content (AvgIpc) is 2.83. The molecule has 1 saturated heterocycles. The molecular weight excluding hydrogens is 296 g/mol. The van der Waals surface area contributed by atoms with Crippen molar-refractivity contribution in [2.75, 3.05) is 11.9 Å². The normalized spacial score (nSPS) is 18.7. The summed E-state index contributed by atoms with van der Waals surface area (Å²) in [5.74, 6) is 2.44. The van der Waals surface area contributed by atoms with E-state index >= 15 is 0 Å². The molecule has 2 aromatic rings. The van der Waals surface area contributed by atoms with Gasteiger partial charge in [0.25, 0.3) is 0 Å². The average molecular weight is 318 g/mol. The molecule has 2 N–H and O–H groups in total. The first-order chi connectivity index (χ1) is 10.5. The van der Waals surface area contributed by atoms with Gasteiger partial charge < -0.3 is 10.6 Å². The molecular formula is C16H22N4OS. The molecule has 3 rings (SSSR count). The number of nitrogens with zero attached hydrogens (tertiary/aromatic N) is 2. The molecule has 0 bridgehead atoms. The summed E-state index contributed by atoms with van der Waals surface area (Å²) >= 11 is 1.69. The Morgan fingerprint density at radius 3 is 2.95 bits per heavy atom. The third kappa shape index (κ3) is 3.21. The molecule has 118 valence electrons. The van der Waals surface area contributed by atoms with Crippen molar-refractivity contribution < 1.29 is 4.79 Å². The highest BCUT2D eigenvalue weighted by Gasteiger charge is 2.21. The van der Waals surface area contributed by atoms with E-state index in [9.17, 15) is 4.79 Å². The van der Waals surface area contributed by atoms with Gasteiger partial charge in [-0.15, -0.1) is 11.3 Å². The number of carbonyl (C=O) groups excluding carboxylic acids is 1. The predicted octanol–water partition coefficient (Wildman–Crippen LogP) is 2.89. The summed E-state index contributed by atoms with van der Waals surface area (Å²) in [4.78, 5) is 21.5. The maximum Gasteiger partial charge on any atom is 0.220 e. The van der Waals surface area contributed by atoms with Crippen LogP contribution in [0.4, 0.5) is 5.82 Å². The molecule has 1 aliphatic rings. The monoisotopic (exact) mass is 318 g/mol. The van der Waals surface area contributed by atoms with Crippen molar-refractivity contribution >= 4 is 33.3 Å². The number of rotatable bonds is 4. The number of aryl methyl sites for hydroxylation is 1. The van der Waals surface area contributed by atoms with Crippen LogP contribution in [0.2, 0.25) is 0 Å². The molecule has 0 aromatic carbocycles. The van der Waals surface area contributed by atoms with Crippen LogP contribution >= 0.6 is 11.3 Å². The van der Waals surface area contributed by atoms with Crippen LogP contribution < -0.4 is 10.6 Å². The first kappa shape index (κ1) is 15.2. The Kier molecular flexibility index (Phi) is 4.29. The minimum absolute atomic E-state index is 0.137. The van der Waals surface area contributed by atoms with Gasteiger partial charge in [0, 0.05) is 19.0 Å². The van der Waals surface area contributed by atoms with Crippen LogP contribution in [0, 0.1) is 12.8 Å². The van der Waals surface area contributed by atoms with E-state index in [0.717, 1.165) is 34.7 Å². The van der Waals surface area contributed by atoms with E-state index in [1.54, 1.807) is 11.3 Å². The Morgan fingerprint density at radius 2 is 2.27 bits per heavy atom. The van der Waals surface area contributed by atoms with Gasteiger partial charge in [0.15, 0.2) is 0 Å². The summed E-state index contributed by atoms with van der Waals surface area (Å²) in [7, 11) is 0. The lowest BCUT2D eigenvalue weighted by Crippen LogP contribution is -2.42. The third-order valence-corrected chi connectivity index (χ3v) is 4.78. The lowest BCUT2D eigenvalue weighted by atomic mass is 10.0. The molecule has 0 saturated carbocycles. The molecule has 5 nitrogen and oxygen atoms in total. The second kappa shape index (κ2) is 6.20. The van der Waals surface area contributed by atoms with Gasteiger partial charge in [0.1, 0.15) is 16.5 Å². The maximum atomic E-state index is 11.3. The highest BCUT2D eigenvalue weighted by molar-refractivity contribution is 7.17. The number of nitrogens with one attached hydrogen (secondary N) is 2. The molecule has 1 amide bonds. The second-order valence-corrected chi connectivity index (χ2v) is 7.20. The van der Waals surface area contributed by atoms with Gasteiger partial charge in [0.2, 0.25) is 5.91 Å². The van der Waals surface area contributed by atoms with Crippen molar-refractivity contribution in [2.24, 2.45) is 5.92 Å². The van der Waals surface area contributed by atoms with Crippen LogP contribution in [0.25, 0.3) is 10.2 Å². The Balaban J connectivity index is 1.92. The number of aromatic nitrogens is 2. The first-order valence-electron chi connectivity index (χ1n) is 7.81. The molecule has 22 heavy (non-hydrogen) atoms. The summed E-state index contributed by atoms with van der Waals surface area (Å²) in [5, 5.41) is 9.79. The fourth-order valence-corrected chi connectivity index (χ4v) is 3.85. The minimum Gasteiger partial charge on any atom is -0.365 e. The van der Waals surface area contributed by atoms with Crippen LogP contribution in [0.1, 0.15) is 38.1 Å². The van der Waals surface area contributed by atoms with Crippen molar-refractivity contribution in [3.8, 4) is 0 Å². The van der Waals surface area contributed by atoms with Crippen LogP contribution in [-0.4, -0.2) is 28.5 Å². The predicted molar refractivity (Wildman–Crippen MR) is 90.3 cm³/mol. The van der Waals surface area contributed by atoms with E-state index in [1.165, 1.54) is 5.56 Å². The summed E-state index contributed by atoms with van der Waals surface area (Å²) in [5.41, 5.74) is 1.32. The van der Waals surface area contributed by atoms with Gasteiger partial charge in [-0.1, -0.05) is 13.8 Å². The SMILES string of the molecule is Cc1nc(NC2CCC(=O)NC2)c2c(CC(C)C)csc2n1. The zero-order valence-corrected chi connectivity index (χ0v) is 14.1.